The fourth-order valence-electron chi connectivity index (χ4n) is 2.62. The van der Waals surface area contributed by atoms with Crippen LogP contribution in [0.4, 0.5) is 0 Å². The molecule has 9 heteroatoms. The van der Waals surface area contributed by atoms with Crippen molar-refractivity contribution < 1.29 is 43.2 Å². The molecule has 1 aliphatic heterocycles. The van der Waals surface area contributed by atoms with Crippen molar-refractivity contribution in [1.82, 2.24) is 0 Å². The Morgan fingerprint density at radius 3 is 2.11 bits per heavy atom. The molecule has 1 fully saturated rings. The fourth-order valence-corrected chi connectivity index (χ4v) is 2.62. The van der Waals surface area contributed by atoms with Crippen LogP contribution >= 0.6 is 0 Å². The van der Waals surface area contributed by atoms with Crippen LogP contribution in [0, 0.1) is 0 Å². The standard InChI is InChI=1S/C18H22O9/c1-10(19)23-9-14-16(24-11(2)20)17(25-12(3)21)15(22)18(27-14)26-13-7-5-4-6-8-13/h4-8,14-18,22H,9H2,1-3H3/t14-,15-,16-,17-,18+/m1/s1. The Bertz CT molecular complexity index is 660. The van der Waals surface area contributed by atoms with Gasteiger partial charge in [0, 0.05) is 20.8 Å². The molecule has 9 nitrogen and oxygen atoms in total. The summed E-state index contributed by atoms with van der Waals surface area (Å²) in [5, 5.41) is 10.6. The molecule has 148 valence electrons. The Morgan fingerprint density at radius 1 is 0.963 bits per heavy atom. The van der Waals surface area contributed by atoms with Gasteiger partial charge in [0.25, 0.3) is 0 Å². The summed E-state index contributed by atoms with van der Waals surface area (Å²) in [5.41, 5.74) is 0. The molecule has 0 aliphatic carbocycles. The number of esters is 3. The van der Waals surface area contributed by atoms with Gasteiger partial charge in [-0.3, -0.25) is 14.4 Å². The third-order valence-electron chi connectivity index (χ3n) is 3.66. The Hall–Kier alpha value is -2.65. The SMILES string of the molecule is CC(=O)OC[C@H]1O[C@H](Oc2ccccc2)[C@H](O)[C@@H](OC(C)=O)[C@@H]1OC(C)=O. The first-order valence-corrected chi connectivity index (χ1v) is 8.31. The normalized spacial score (nSPS) is 27.3. The smallest absolute Gasteiger partial charge is 0.303 e. The molecule has 0 amide bonds. The predicted molar refractivity (Wildman–Crippen MR) is 89.5 cm³/mol. The lowest BCUT2D eigenvalue weighted by Gasteiger charge is -2.42. The van der Waals surface area contributed by atoms with Crippen LogP contribution in [0.15, 0.2) is 30.3 Å². The topological polar surface area (TPSA) is 118 Å². The van der Waals surface area contributed by atoms with Gasteiger partial charge < -0.3 is 28.8 Å². The zero-order chi connectivity index (χ0) is 20.0. The number of para-hydroxylation sites is 1. The van der Waals surface area contributed by atoms with Crippen LogP contribution in [-0.2, 0) is 33.3 Å². The molecule has 5 atom stereocenters. The fraction of sp³-hybridized carbons (Fsp3) is 0.500. The molecule has 0 saturated carbocycles. The number of rotatable bonds is 6. The number of aliphatic hydroxyl groups excluding tert-OH is 1. The van der Waals surface area contributed by atoms with Crippen LogP contribution in [0.3, 0.4) is 0 Å². The average molecular weight is 382 g/mol. The first kappa shape index (κ1) is 20.7. The summed E-state index contributed by atoms with van der Waals surface area (Å²) in [6.07, 6.45) is -6.17. The first-order chi connectivity index (χ1) is 12.8. The maximum atomic E-state index is 11.5. The summed E-state index contributed by atoms with van der Waals surface area (Å²) in [6, 6.07) is 8.54. The minimum absolute atomic E-state index is 0.285. The van der Waals surface area contributed by atoms with Crippen molar-refractivity contribution in [1.29, 1.82) is 0 Å². The van der Waals surface area contributed by atoms with Gasteiger partial charge in [0.2, 0.25) is 6.29 Å². The highest BCUT2D eigenvalue weighted by Gasteiger charge is 2.50. The molecule has 27 heavy (non-hydrogen) atoms. The quantitative estimate of drug-likeness (QED) is 0.557. The van der Waals surface area contributed by atoms with E-state index in [9.17, 15) is 19.5 Å². The van der Waals surface area contributed by atoms with Crippen LogP contribution in [-0.4, -0.2) is 60.3 Å². The Morgan fingerprint density at radius 2 is 1.56 bits per heavy atom. The minimum atomic E-state index is -1.45. The van der Waals surface area contributed by atoms with Gasteiger partial charge in [-0.05, 0) is 12.1 Å². The van der Waals surface area contributed by atoms with Crippen molar-refractivity contribution in [3.05, 3.63) is 30.3 Å². The lowest BCUT2D eigenvalue weighted by molar-refractivity contribution is -0.285. The van der Waals surface area contributed by atoms with Gasteiger partial charge in [-0.25, -0.2) is 0 Å². The Balaban J connectivity index is 2.27. The van der Waals surface area contributed by atoms with E-state index < -0.39 is 48.6 Å². The average Bonchev–Trinajstić information content (AvgIpc) is 2.59. The maximum Gasteiger partial charge on any atom is 0.303 e. The van der Waals surface area contributed by atoms with Gasteiger partial charge in [-0.1, -0.05) is 18.2 Å². The van der Waals surface area contributed by atoms with Crippen molar-refractivity contribution in [3.63, 3.8) is 0 Å². The third kappa shape index (κ3) is 5.93. The van der Waals surface area contributed by atoms with Crippen molar-refractivity contribution in [3.8, 4) is 5.75 Å². The maximum absolute atomic E-state index is 11.5. The molecular formula is C18H22O9. The number of hydrogen-bond acceptors (Lipinski definition) is 9. The summed E-state index contributed by atoms with van der Waals surface area (Å²) >= 11 is 0. The predicted octanol–water partition coefficient (Wildman–Crippen LogP) is 0.578. The van der Waals surface area contributed by atoms with Crippen molar-refractivity contribution in [2.24, 2.45) is 0 Å². The highest BCUT2D eigenvalue weighted by atomic mass is 16.7. The van der Waals surface area contributed by atoms with Gasteiger partial charge >= 0.3 is 17.9 Å². The third-order valence-corrected chi connectivity index (χ3v) is 3.66. The second kappa shape index (κ2) is 9.33. The van der Waals surface area contributed by atoms with E-state index in [4.69, 9.17) is 23.7 Å². The van der Waals surface area contributed by atoms with E-state index in [1.807, 2.05) is 0 Å². The van der Waals surface area contributed by atoms with Gasteiger partial charge in [0.1, 0.15) is 18.5 Å². The van der Waals surface area contributed by atoms with Crippen molar-refractivity contribution in [2.45, 2.75) is 51.5 Å². The molecule has 1 N–H and O–H groups in total. The molecule has 1 aromatic carbocycles. The second-order valence-electron chi connectivity index (χ2n) is 5.92. The molecule has 0 unspecified atom stereocenters. The molecule has 0 bridgehead atoms. The first-order valence-electron chi connectivity index (χ1n) is 8.31. The summed E-state index contributed by atoms with van der Waals surface area (Å²) in [7, 11) is 0. The molecule has 1 aromatic rings. The van der Waals surface area contributed by atoms with E-state index in [1.165, 1.54) is 6.92 Å². The lowest BCUT2D eigenvalue weighted by Crippen LogP contribution is -2.62. The lowest BCUT2D eigenvalue weighted by atomic mass is 9.98. The number of benzene rings is 1. The van der Waals surface area contributed by atoms with Crippen LogP contribution in [0.1, 0.15) is 20.8 Å². The summed E-state index contributed by atoms with van der Waals surface area (Å²) in [6.45, 7) is 3.24. The van der Waals surface area contributed by atoms with E-state index in [-0.39, 0.29) is 6.61 Å². The summed E-state index contributed by atoms with van der Waals surface area (Å²) in [4.78, 5) is 34.1. The molecule has 0 radical (unpaired) electrons. The number of carbonyl (C=O) groups is 3. The molecular weight excluding hydrogens is 360 g/mol. The molecule has 0 spiro atoms. The largest absolute Gasteiger partial charge is 0.463 e. The molecule has 0 aromatic heterocycles. The molecule has 1 saturated heterocycles. The van der Waals surface area contributed by atoms with E-state index in [1.54, 1.807) is 30.3 Å². The summed E-state index contributed by atoms with van der Waals surface area (Å²) < 4.78 is 26.6. The molecule has 1 heterocycles. The van der Waals surface area contributed by atoms with Crippen molar-refractivity contribution in [2.75, 3.05) is 6.61 Å². The van der Waals surface area contributed by atoms with E-state index in [0.29, 0.717) is 5.75 Å². The van der Waals surface area contributed by atoms with E-state index in [0.717, 1.165) is 13.8 Å². The van der Waals surface area contributed by atoms with Crippen LogP contribution in [0.5, 0.6) is 5.75 Å². The second-order valence-corrected chi connectivity index (χ2v) is 5.92. The Labute approximate surface area is 156 Å². The van der Waals surface area contributed by atoms with Crippen LogP contribution in [0.2, 0.25) is 0 Å². The Kier molecular flexibility index (Phi) is 7.14. The summed E-state index contributed by atoms with van der Waals surface area (Å²) in [5.74, 6) is -1.54. The van der Waals surface area contributed by atoms with Crippen LogP contribution < -0.4 is 4.74 Å². The number of ether oxygens (including phenoxy) is 5. The van der Waals surface area contributed by atoms with E-state index in [2.05, 4.69) is 0 Å². The minimum Gasteiger partial charge on any atom is -0.463 e. The highest BCUT2D eigenvalue weighted by molar-refractivity contribution is 5.67. The molecule has 1 aliphatic rings. The van der Waals surface area contributed by atoms with Gasteiger partial charge in [0.05, 0.1) is 0 Å². The monoisotopic (exact) mass is 382 g/mol. The number of carbonyl (C=O) groups excluding carboxylic acids is 3. The van der Waals surface area contributed by atoms with Gasteiger partial charge in [-0.2, -0.15) is 0 Å². The zero-order valence-corrected chi connectivity index (χ0v) is 15.2. The van der Waals surface area contributed by atoms with Crippen molar-refractivity contribution >= 4 is 17.9 Å². The number of aliphatic hydroxyl groups is 1. The zero-order valence-electron chi connectivity index (χ0n) is 15.2. The van der Waals surface area contributed by atoms with E-state index >= 15 is 0 Å². The van der Waals surface area contributed by atoms with Gasteiger partial charge in [0.15, 0.2) is 18.3 Å². The van der Waals surface area contributed by atoms with Crippen LogP contribution in [0.25, 0.3) is 0 Å². The van der Waals surface area contributed by atoms with Gasteiger partial charge in [-0.15, -0.1) is 0 Å². The number of hydrogen-bond donors (Lipinski definition) is 1. The molecule has 2 rings (SSSR count). The highest BCUT2D eigenvalue weighted by Crippen LogP contribution is 2.28.